The van der Waals surface area contributed by atoms with Crippen LogP contribution in [0, 0.1) is 0 Å². The van der Waals surface area contributed by atoms with Crippen LogP contribution in [0.15, 0.2) is 12.2 Å². The maximum Gasteiger partial charge on any atom is 0.421 e. The highest BCUT2D eigenvalue weighted by Crippen LogP contribution is 1.95. The van der Waals surface area contributed by atoms with Crippen LogP contribution in [0.5, 0.6) is 0 Å². The third-order valence-corrected chi connectivity index (χ3v) is 1.50. The lowest BCUT2D eigenvalue weighted by molar-refractivity contribution is -0.137. The molecule has 0 rings (SSSR count). The van der Waals surface area contributed by atoms with E-state index in [2.05, 4.69) is 16.5 Å². The number of hydrogen-bond donors (Lipinski definition) is 0. The van der Waals surface area contributed by atoms with Gasteiger partial charge in [0.15, 0.2) is 0 Å². The van der Waals surface area contributed by atoms with Gasteiger partial charge in [0, 0.05) is 6.08 Å². The summed E-state index contributed by atoms with van der Waals surface area (Å²) in [7, 11) is 1.24. The molecule has 0 heterocycles. The van der Waals surface area contributed by atoms with Crippen LogP contribution in [-0.2, 0) is 9.53 Å². The fourth-order valence-electron chi connectivity index (χ4n) is 0.764. The van der Waals surface area contributed by atoms with Crippen molar-refractivity contribution in [2.75, 3.05) is 7.11 Å². The smallest absolute Gasteiger partial charge is 0.421 e. The summed E-state index contributed by atoms with van der Waals surface area (Å²) >= 11 is 0. The largest absolute Gasteiger partial charge is 0.460 e. The highest BCUT2D eigenvalue weighted by molar-refractivity contribution is 6.38. The minimum atomic E-state index is -0.629. The lowest BCUT2D eigenvalue weighted by Crippen LogP contribution is -2.13. The molecule has 0 fully saturated rings. The van der Waals surface area contributed by atoms with Crippen molar-refractivity contribution in [3.8, 4) is 0 Å². The number of carbonyl (C=O) groups is 1. The number of rotatable bonds is 5. The molecule has 0 aromatic rings. The van der Waals surface area contributed by atoms with E-state index in [4.69, 9.17) is 5.53 Å². The van der Waals surface area contributed by atoms with E-state index in [9.17, 15) is 4.79 Å². The normalized spacial score (nSPS) is 9.69. The van der Waals surface area contributed by atoms with Gasteiger partial charge in [-0.3, -0.25) is 0 Å². The van der Waals surface area contributed by atoms with Crippen LogP contribution in [0.4, 0.5) is 0 Å². The van der Waals surface area contributed by atoms with Crippen molar-refractivity contribution in [2.24, 2.45) is 0 Å². The van der Waals surface area contributed by atoms with Crippen molar-refractivity contribution < 1.29 is 14.3 Å². The molecule has 13 heavy (non-hydrogen) atoms. The molecule has 0 spiro atoms. The Morgan fingerprint density at radius 1 is 1.62 bits per heavy atom. The predicted molar refractivity (Wildman–Crippen MR) is 49.3 cm³/mol. The molecule has 0 radical (unpaired) electrons. The van der Waals surface area contributed by atoms with Gasteiger partial charge in [-0.1, -0.05) is 25.8 Å². The van der Waals surface area contributed by atoms with Gasteiger partial charge in [0.05, 0.1) is 7.11 Å². The van der Waals surface area contributed by atoms with Crippen LogP contribution >= 0.6 is 0 Å². The van der Waals surface area contributed by atoms with Gasteiger partial charge in [-0.15, -0.1) is 0 Å². The SMILES string of the molecule is CCCC/C=C/C(=[N+]=[N-])C(=O)OC. The summed E-state index contributed by atoms with van der Waals surface area (Å²) in [5.41, 5.74) is 8.35. The van der Waals surface area contributed by atoms with Crippen LogP contribution < -0.4 is 0 Å². The van der Waals surface area contributed by atoms with Crippen molar-refractivity contribution in [3.63, 3.8) is 0 Å². The monoisotopic (exact) mass is 182 g/mol. The number of ether oxygens (including phenoxy) is 1. The fraction of sp³-hybridized carbons (Fsp3) is 0.556. The summed E-state index contributed by atoms with van der Waals surface area (Å²) in [6.07, 6.45) is 6.26. The fourth-order valence-corrected chi connectivity index (χ4v) is 0.764. The van der Waals surface area contributed by atoms with Gasteiger partial charge in [0.25, 0.3) is 0 Å². The van der Waals surface area contributed by atoms with E-state index >= 15 is 0 Å². The topological polar surface area (TPSA) is 62.7 Å². The molecule has 0 unspecified atom stereocenters. The Kier molecular flexibility index (Phi) is 6.46. The molecule has 0 aliphatic carbocycles. The van der Waals surface area contributed by atoms with Gasteiger partial charge in [0.1, 0.15) is 0 Å². The summed E-state index contributed by atoms with van der Waals surface area (Å²) in [5, 5.41) is 0. The molecular weight excluding hydrogens is 168 g/mol. The van der Waals surface area contributed by atoms with E-state index in [1.165, 1.54) is 13.2 Å². The molecule has 0 saturated heterocycles. The zero-order valence-electron chi connectivity index (χ0n) is 7.99. The molecule has 0 aliphatic heterocycles. The Labute approximate surface area is 77.8 Å². The van der Waals surface area contributed by atoms with Crippen LogP contribution in [0.3, 0.4) is 0 Å². The first-order valence-corrected chi connectivity index (χ1v) is 4.23. The quantitative estimate of drug-likeness (QED) is 0.213. The van der Waals surface area contributed by atoms with Gasteiger partial charge < -0.3 is 10.3 Å². The van der Waals surface area contributed by atoms with E-state index in [0.717, 1.165) is 19.3 Å². The maximum atomic E-state index is 10.8. The van der Waals surface area contributed by atoms with Crippen molar-refractivity contribution in [1.82, 2.24) is 0 Å². The van der Waals surface area contributed by atoms with E-state index in [-0.39, 0.29) is 5.71 Å². The molecule has 4 nitrogen and oxygen atoms in total. The van der Waals surface area contributed by atoms with E-state index < -0.39 is 5.97 Å². The second kappa shape index (κ2) is 7.25. The molecular formula is C9H14N2O2. The Bertz CT molecular complexity index is 240. The van der Waals surface area contributed by atoms with E-state index in [0.29, 0.717) is 0 Å². The standard InChI is InChI=1S/C9H14N2O2/c1-3-4-5-6-7-8(11-10)9(12)13-2/h6-7H,3-5H2,1-2H3/b7-6+. The average Bonchev–Trinajstić information content (AvgIpc) is 2.17. The summed E-state index contributed by atoms with van der Waals surface area (Å²) in [5.74, 6) is -0.629. The number of carbonyl (C=O) groups excluding carboxylic acids is 1. The molecule has 0 bridgehead atoms. The number of allylic oxidation sites excluding steroid dienone is 1. The van der Waals surface area contributed by atoms with Gasteiger partial charge in [0.2, 0.25) is 0 Å². The molecule has 72 valence electrons. The Hall–Kier alpha value is -1.41. The van der Waals surface area contributed by atoms with Gasteiger partial charge in [-0.2, -0.15) is 4.79 Å². The molecule has 0 saturated carbocycles. The van der Waals surface area contributed by atoms with Gasteiger partial charge in [-0.25, -0.2) is 4.79 Å². The summed E-state index contributed by atoms with van der Waals surface area (Å²) < 4.78 is 4.38. The molecule has 0 aromatic carbocycles. The molecule has 0 amide bonds. The first kappa shape index (κ1) is 11.6. The molecule has 4 heteroatoms. The van der Waals surface area contributed by atoms with Gasteiger partial charge in [-0.05, 0) is 6.42 Å². The van der Waals surface area contributed by atoms with Crippen molar-refractivity contribution in [1.29, 1.82) is 0 Å². The Balaban J connectivity index is 4.07. The van der Waals surface area contributed by atoms with Crippen molar-refractivity contribution in [2.45, 2.75) is 26.2 Å². The lowest BCUT2D eigenvalue weighted by Gasteiger charge is -1.88. The summed E-state index contributed by atoms with van der Waals surface area (Å²) in [6, 6.07) is 0. The second-order valence-corrected chi connectivity index (χ2v) is 2.52. The minimum Gasteiger partial charge on any atom is -0.460 e. The van der Waals surface area contributed by atoms with Crippen LogP contribution in [0.1, 0.15) is 26.2 Å². The number of unbranched alkanes of at least 4 members (excludes halogenated alkanes) is 2. The number of methoxy groups -OCH3 is 1. The molecule has 0 aliphatic rings. The summed E-state index contributed by atoms with van der Waals surface area (Å²) in [6.45, 7) is 2.08. The highest BCUT2D eigenvalue weighted by Gasteiger charge is 2.15. The molecule has 0 atom stereocenters. The maximum absolute atomic E-state index is 10.8. The summed E-state index contributed by atoms with van der Waals surface area (Å²) in [4.78, 5) is 13.7. The minimum absolute atomic E-state index is 0.0707. The van der Waals surface area contributed by atoms with Crippen molar-refractivity contribution >= 4 is 11.7 Å². The van der Waals surface area contributed by atoms with Crippen molar-refractivity contribution in [3.05, 3.63) is 17.7 Å². The van der Waals surface area contributed by atoms with E-state index in [1.54, 1.807) is 6.08 Å². The van der Waals surface area contributed by atoms with Crippen LogP contribution in [-0.4, -0.2) is 23.6 Å². The molecule has 0 aromatic heterocycles. The first-order valence-electron chi connectivity index (χ1n) is 4.23. The second-order valence-electron chi connectivity index (χ2n) is 2.52. The average molecular weight is 182 g/mol. The van der Waals surface area contributed by atoms with Crippen LogP contribution in [0.2, 0.25) is 0 Å². The Morgan fingerprint density at radius 3 is 2.77 bits per heavy atom. The zero-order chi connectivity index (χ0) is 10.1. The first-order chi connectivity index (χ1) is 6.26. The number of nitrogens with zero attached hydrogens (tertiary/aromatic N) is 2. The number of esters is 1. The zero-order valence-corrected chi connectivity index (χ0v) is 7.99. The third-order valence-electron chi connectivity index (χ3n) is 1.50. The highest BCUT2D eigenvalue weighted by atomic mass is 16.5. The van der Waals surface area contributed by atoms with E-state index in [1.807, 2.05) is 0 Å². The Morgan fingerprint density at radius 2 is 2.31 bits per heavy atom. The number of hydrogen-bond acceptors (Lipinski definition) is 2. The van der Waals surface area contributed by atoms with Gasteiger partial charge >= 0.3 is 11.7 Å². The van der Waals surface area contributed by atoms with Crippen LogP contribution in [0.25, 0.3) is 5.53 Å². The predicted octanol–water partition coefficient (Wildman–Crippen LogP) is 1.58. The third kappa shape index (κ3) is 4.93. The molecule has 0 N–H and O–H groups in total. The lowest BCUT2D eigenvalue weighted by atomic mass is 10.2.